The van der Waals surface area contributed by atoms with Gasteiger partial charge in [-0.25, -0.2) is 4.79 Å². The van der Waals surface area contributed by atoms with E-state index >= 15 is 0 Å². The van der Waals surface area contributed by atoms with Crippen molar-refractivity contribution in [3.05, 3.63) is 44.7 Å². The number of benzene rings is 1. The molecule has 1 heterocycles. The number of aromatic amines is 1. The SMILES string of the molecule is CCOC(=O)c1c(Cl)c2cccc(C)c2[nH]c1=O. The first kappa shape index (κ1) is 12.6. The molecule has 2 rings (SSSR count). The van der Waals surface area contributed by atoms with Gasteiger partial charge in [0.25, 0.3) is 5.56 Å². The number of aromatic nitrogens is 1. The summed E-state index contributed by atoms with van der Waals surface area (Å²) in [5, 5.41) is 0.773. The molecule has 94 valence electrons. The number of carbonyl (C=O) groups excluding carboxylic acids is 1. The van der Waals surface area contributed by atoms with Crippen LogP contribution < -0.4 is 5.56 Å². The number of rotatable bonds is 2. The van der Waals surface area contributed by atoms with Crippen molar-refractivity contribution < 1.29 is 9.53 Å². The molecule has 0 radical (unpaired) electrons. The zero-order chi connectivity index (χ0) is 13.3. The van der Waals surface area contributed by atoms with E-state index in [1.165, 1.54) is 0 Å². The molecule has 0 amide bonds. The van der Waals surface area contributed by atoms with Crippen molar-refractivity contribution in [1.82, 2.24) is 4.98 Å². The highest BCUT2D eigenvalue weighted by Gasteiger charge is 2.19. The standard InChI is InChI=1S/C13H12ClNO3/c1-3-18-13(17)9-10(14)8-6-4-5-7(2)11(8)15-12(9)16/h4-6H,3H2,1-2H3,(H,15,16). The summed E-state index contributed by atoms with van der Waals surface area (Å²) in [6.07, 6.45) is 0. The van der Waals surface area contributed by atoms with Crippen LogP contribution in [0.4, 0.5) is 0 Å². The lowest BCUT2D eigenvalue weighted by atomic mass is 10.1. The molecule has 0 fully saturated rings. The maximum Gasteiger partial charge on any atom is 0.345 e. The molecule has 0 saturated heterocycles. The third-order valence-corrected chi connectivity index (χ3v) is 3.07. The van der Waals surface area contributed by atoms with E-state index in [-0.39, 0.29) is 17.2 Å². The molecule has 0 spiro atoms. The van der Waals surface area contributed by atoms with Crippen LogP contribution in [0, 0.1) is 6.92 Å². The van der Waals surface area contributed by atoms with Crippen LogP contribution in [0.25, 0.3) is 10.9 Å². The second-order valence-corrected chi connectivity index (χ2v) is 4.24. The highest BCUT2D eigenvalue weighted by molar-refractivity contribution is 6.38. The Balaban J connectivity index is 2.78. The molecule has 0 aliphatic heterocycles. The van der Waals surface area contributed by atoms with Crippen LogP contribution in [0.3, 0.4) is 0 Å². The van der Waals surface area contributed by atoms with E-state index in [0.717, 1.165) is 5.56 Å². The third kappa shape index (κ3) is 1.99. The minimum atomic E-state index is -0.702. The maximum absolute atomic E-state index is 11.9. The summed E-state index contributed by atoms with van der Waals surface area (Å²) < 4.78 is 4.83. The number of fused-ring (bicyclic) bond motifs is 1. The van der Waals surface area contributed by atoms with Crippen LogP contribution in [0.2, 0.25) is 5.02 Å². The van der Waals surface area contributed by atoms with E-state index in [2.05, 4.69) is 4.98 Å². The molecule has 18 heavy (non-hydrogen) atoms. The fourth-order valence-electron chi connectivity index (χ4n) is 1.81. The van der Waals surface area contributed by atoms with Crippen LogP contribution in [-0.4, -0.2) is 17.6 Å². The highest BCUT2D eigenvalue weighted by atomic mass is 35.5. The Morgan fingerprint density at radius 2 is 2.17 bits per heavy atom. The van der Waals surface area contributed by atoms with E-state index in [0.29, 0.717) is 10.9 Å². The van der Waals surface area contributed by atoms with E-state index in [9.17, 15) is 9.59 Å². The van der Waals surface area contributed by atoms with Crippen molar-refractivity contribution in [3.8, 4) is 0 Å². The monoisotopic (exact) mass is 265 g/mol. The summed E-state index contributed by atoms with van der Waals surface area (Å²) in [5.41, 5.74) is 0.860. The third-order valence-electron chi connectivity index (χ3n) is 2.67. The molecule has 0 aliphatic rings. The highest BCUT2D eigenvalue weighted by Crippen LogP contribution is 2.25. The van der Waals surface area contributed by atoms with Crippen molar-refractivity contribution >= 4 is 28.5 Å². The van der Waals surface area contributed by atoms with Gasteiger partial charge in [0, 0.05) is 5.39 Å². The van der Waals surface area contributed by atoms with E-state index in [1.54, 1.807) is 13.0 Å². The molecule has 0 bridgehead atoms. The summed E-state index contributed by atoms with van der Waals surface area (Å²) in [6.45, 7) is 3.73. The smallest absolute Gasteiger partial charge is 0.345 e. The zero-order valence-corrected chi connectivity index (χ0v) is 10.8. The Morgan fingerprint density at radius 1 is 1.44 bits per heavy atom. The minimum Gasteiger partial charge on any atom is -0.462 e. The number of esters is 1. The number of hydrogen-bond donors (Lipinski definition) is 1. The Morgan fingerprint density at radius 3 is 2.83 bits per heavy atom. The lowest BCUT2D eigenvalue weighted by molar-refractivity contribution is 0.0524. The molecule has 1 N–H and O–H groups in total. The van der Waals surface area contributed by atoms with Crippen molar-refractivity contribution in [1.29, 1.82) is 0 Å². The van der Waals surface area contributed by atoms with E-state index < -0.39 is 11.5 Å². The molecule has 1 aromatic heterocycles. The Hall–Kier alpha value is -1.81. The molecular formula is C13H12ClNO3. The Labute approximate surface area is 109 Å². The molecule has 0 saturated carbocycles. The summed E-state index contributed by atoms with van der Waals surface area (Å²) in [7, 11) is 0. The predicted molar refractivity (Wildman–Crippen MR) is 70.3 cm³/mol. The van der Waals surface area contributed by atoms with E-state index in [4.69, 9.17) is 16.3 Å². The summed E-state index contributed by atoms with van der Waals surface area (Å²) in [6, 6.07) is 5.43. The van der Waals surface area contributed by atoms with Crippen LogP contribution in [0.15, 0.2) is 23.0 Å². The number of carbonyl (C=O) groups is 1. The van der Waals surface area contributed by atoms with Gasteiger partial charge in [0.1, 0.15) is 5.56 Å². The zero-order valence-electron chi connectivity index (χ0n) is 10.0. The number of ether oxygens (including phenoxy) is 1. The van der Waals surface area contributed by atoms with Gasteiger partial charge in [-0.2, -0.15) is 0 Å². The molecule has 2 aromatic rings. The van der Waals surface area contributed by atoms with Crippen LogP contribution in [-0.2, 0) is 4.74 Å². The molecule has 4 nitrogen and oxygen atoms in total. The predicted octanol–water partition coefficient (Wildman–Crippen LogP) is 2.67. The number of nitrogens with one attached hydrogen (secondary N) is 1. The molecular weight excluding hydrogens is 254 g/mol. The van der Waals surface area contributed by atoms with Gasteiger partial charge < -0.3 is 9.72 Å². The lowest BCUT2D eigenvalue weighted by Crippen LogP contribution is -2.20. The number of hydrogen-bond acceptors (Lipinski definition) is 3. The van der Waals surface area contributed by atoms with Crippen molar-refractivity contribution in [2.45, 2.75) is 13.8 Å². The number of para-hydroxylation sites is 1. The molecule has 0 unspecified atom stereocenters. The summed E-state index contributed by atoms with van der Waals surface area (Å²) >= 11 is 6.13. The topological polar surface area (TPSA) is 59.2 Å². The quantitative estimate of drug-likeness (QED) is 0.850. The summed E-state index contributed by atoms with van der Waals surface area (Å²) in [5.74, 6) is -0.702. The van der Waals surface area contributed by atoms with Gasteiger partial charge in [-0.3, -0.25) is 4.79 Å². The Bertz CT molecular complexity index is 676. The first-order chi connectivity index (χ1) is 8.56. The number of pyridine rings is 1. The molecule has 0 atom stereocenters. The molecule has 0 aliphatic carbocycles. The second-order valence-electron chi connectivity index (χ2n) is 3.86. The van der Waals surface area contributed by atoms with Crippen LogP contribution in [0.1, 0.15) is 22.8 Å². The maximum atomic E-state index is 11.9. The first-order valence-corrected chi connectivity index (χ1v) is 5.92. The van der Waals surface area contributed by atoms with Gasteiger partial charge in [-0.1, -0.05) is 29.8 Å². The van der Waals surface area contributed by atoms with Crippen molar-refractivity contribution in [2.75, 3.05) is 6.61 Å². The van der Waals surface area contributed by atoms with Crippen molar-refractivity contribution in [2.24, 2.45) is 0 Å². The fraction of sp³-hybridized carbons (Fsp3) is 0.231. The molecule has 1 aromatic carbocycles. The largest absolute Gasteiger partial charge is 0.462 e. The van der Waals surface area contributed by atoms with Gasteiger partial charge in [-0.15, -0.1) is 0 Å². The average Bonchev–Trinajstić information content (AvgIpc) is 2.31. The minimum absolute atomic E-state index is 0.135. The van der Waals surface area contributed by atoms with Gasteiger partial charge in [0.15, 0.2) is 0 Å². The number of aryl methyl sites for hydroxylation is 1. The lowest BCUT2D eigenvalue weighted by Gasteiger charge is -2.08. The molecule has 5 heteroatoms. The normalized spacial score (nSPS) is 10.6. The van der Waals surface area contributed by atoms with Gasteiger partial charge in [-0.05, 0) is 19.4 Å². The van der Waals surface area contributed by atoms with Crippen LogP contribution in [0.5, 0.6) is 0 Å². The number of halogens is 1. The average molecular weight is 266 g/mol. The fourth-order valence-corrected chi connectivity index (χ4v) is 2.13. The number of H-pyrrole nitrogens is 1. The van der Waals surface area contributed by atoms with Gasteiger partial charge >= 0.3 is 5.97 Å². The van der Waals surface area contributed by atoms with Gasteiger partial charge in [0.05, 0.1) is 17.1 Å². The first-order valence-electron chi connectivity index (χ1n) is 5.54. The van der Waals surface area contributed by atoms with E-state index in [1.807, 2.05) is 19.1 Å². The second kappa shape index (κ2) is 4.82. The van der Waals surface area contributed by atoms with Gasteiger partial charge in [0.2, 0.25) is 0 Å². The summed E-state index contributed by atoms with van der Waals surface area (Å²) in [4.78, 5) is 26.2. The van der Waals surface area contributed by atoms with Crippen molar-refractivity contribution in [3.63, 3.8) is 0 Å². The van der Waals surface area contributed by atoms with Crippen LogP contribution >= 0.6 is 11.6 Å². The Kier molecular flexibility index (Phi) is 3.39.